The van der Waals surface area contributed by atoms with Gasteiger partial charge in [0, 0.05) is 20.3 Å². The van der Waals surface area contributed by atoms with Crippen LogP contribution in [0.1, 0.15) is 23.2 Å². The predicted octanol–water partition coefficient (Wildman–Crippen LogP) is 2.12. The van der Waals surface area contributed by atoms with Gasteiger partial charge in [0.1, 0.15) is 12.4 Å². The van der Waals surface area contributed by atoms with Gasteiger partial charge in [-0.1, -0.05) is 6.07 Å². The van der Waals surface area contributed by atoms with E-state index < -0.39 is 5.97 Å². The molecule has 5 heteroatoms. The Hall–Kier alpha value is -1.59. The topological polar surface area (TPSA) is 59.0 Å². The molecule has 1 fully saturated rings. The second kappa shape index (κ2) is 8.00. The lowest BCUT2D eigenvalue weighted by Gasteiger charge is -2.31. The van der Waals surface area contributed by atoms with Crippen LogP contribution >= 0.6 is 0 Å². The number of carbonyl (C=O) groups is 1. The monoisotopic (exact) mass is 293 g/mol. The third-order valence-electron chi connectivity index (χ3n) is 3.87. The molecule has 1 N–H and O–H groups in total. The van der Waals surface area contributed by atoms with Crippen LogP contribution in [0.2, 0.25) is 0 Å². The Labute approximate surface area is 125 Å². The minimum Gasteiger partial charge on any atom is -0.492 e. The molecule has 0 spiro atoms. The zero-order valence-corrected chi connectivity index (χ0v) is 12.5. The van der Waals surface area contributed by atoms with Crippen LogP contribution in [0.3, 0.4) is 0 Å². The third kappa shape index (κ3) is 5.02. The van der Waals surface area contributed by atoms with Crippen LogP contribution in [0.5, 0.6) is 5.75 Å². The van der Waals surface area contributed by atoms with Crippen LogP contribution in [-0.4, -0.2) is 55.9 Å². The van der Waals surface area contributed by atoms with Crippen LogP contribution in [0.25, 0.3) is 0 Å². The van der Waals surface area contributed by atoms with Gasteiger partial charge in [-0.05, 0) is 50.0 Å². The first kappa shape index (κ1) is 15.8. The molecule has 1 heterocycles. The molecule has 0 aliphatic carbocycles. The molecule has 2 rings (SSSR count). The Balaban J connectivity index is 1.70. The van der Waals surface area contributed by atoms with Crippen molar-refractivity contribution in [3.8, 4) is 5.75 Å². The highest BCUT2D eigenvalue weighted by Crippen LogP contribution is 2.17. The highest BCUT2D eigenvalue weighted by atomic mass is 16.5. The summed E-state index contributed by atoms with van der Waals surface area (Å²) in [5.41, 5.74) is 0.257. The number of benzene rings is 1. The van der Waals surface area contributed by atoms with E-state index in [9.17, 15) is 4.79 Å². The quantitative estimate of drug-likeness (QED) is 0.834. The normalized spacial score (nSPS) is 16.8. The van der Waals surface area contributed by atoms with Crippen molar-refractivity contribution in [2.45, 2.75) is 12.8 Å². The molecule has 1 saturated heterocycles. The van der Waals surface area contributed by atoms with E-state index in [0.717, 1.165) is 26.2 Å². The summed E-state index contributed by atoms with van der Waals surface area (Å²) >= 11 is 0. The number of nitrogens with zero attached hydrogens (tertiary/aromatic N) is 1. The van der Waals surface area contributed by atoms with E-state index >= 15 is 0 Å². The van der Waals surface area contributed by atoms with E-state index in [4.69, 9.17) is 14.6 Å². The lowest BCUT2D eigenvalue weighted by molar-refractivity contribution is 0.0696. The highest BCUT2D eigenvalue weighted by molar-refractivity contribution is 5.87. The number of hydrogen-bond acceptors (Lipinski definition) is 4. The van der Waals surface area contributed by atoms with Gasteiger partial charge in [-0.2, -0.15) is 0 Å². The van der Waals surface area contributed by atoms with E-state index in [1.54, 1.807) is 31.4 Å². The Morgan fingerprint density at radius 2 is 2.14 bits per heavy atom. The first-order valence-electron chi connectivity index (χ1n) is 7.36. The molecule has 0 bridgehead atoms. The van der Waals surface area contributed by atoms with Crippen molar-refractivity contribution in [1.29, 1.82) is 0 Å². The number of likely N-dealkylation sites (tertiary alicyclic amines) is 1. The molecule has 0 saturated carbocycles. The van der Waals surface area contributed by atoms with Crippen LogP contribution in [0.4, 0.5) is 0 Å². The van der Waals surface area contributed by atoms with E-state index in [2.05, 4.69) is 4.90 Å². The van der Waals surface area contributed by atoms with Gasteiger partial charge in [-0.25, -0.2) is 4.79 Å². The van der Waals surface area contributed by atoms with Crippen molar-refractivity contribution in [2.24, 2.45) is 5.92 Å². The molecular formula is C16H23NO4. The smallest absolute Gasteiger partial charge is 0.335 e. The molecule has 0 unspecified atom stereocenters. The van der Waals surface area contributed by atoms with Gasteiger partial charge in [-0.15, -0.1) is 0 Å². The number of methoxy groups -OCH3 is 1. The summed E-state index contributed by atoms with van der Waals surface area (Å²) in [4.78, 5) is 13.3. The van der Waals surface area contributed by atoms with Crippen molar-refractivity contribution in [3.05, 3.63) is 29.8 Å². The first-order chi connectivity index (χ1) is 10.2. The minimum absolute atomic E-state index is 0.257. The third-order valence-corrected chi connectivity index (χ3v) is 3.87. The minimum atomic E-state index is -0.930. The van der Waals surface area contributed by atoms with E-state index in [-0.39, 0.29) is 5.56 Å². The standard InChI is InChI=1S/C16H23NO4/c1-20-12-13-5-7-17(8-6-13)9-10-21-15-4-2-3-14(11-15)16(18)19/h2-4,11,13H,5-10,12H2,1H3,(H,18,19). The number of hydrogen-bond donors (Lipinski definition) is 1. The summed E-state index contributed by atoms with van der Waals surface area (Å²) < 4.78 is 10.8. The molecule has 0 atom stereocenters. The summed E-state index contributed by atoms with van der Waals surface area (Å²) in [6.45, 7) is 4.46. The maximum Gasteiger partial charge on any atom is 0.335 e. The Morgan fingerprint density at radius 1 is 1.38 bits per heavy atom. The van der Waals surface area contributed by atoms with Crippen LogP contribution in [0, 0.1) is 5.92 Å². The molecule has 1 aliphatic rings. The van der Waals surface area contributed by atoms with Crippen molar-refractivity contribution >= 4 is 5.97 Å². The second-order valence-corrected chi connectivity index (χ2v) is 5.42. The lowest BCUT2D eigenvalue weighted by atomic mass is 9.98. The molecular weight excluding hydrogens is 270 g/mol. The fourth-order valence-corrected chi connectivity index (χ4v) is 2.62. The molecule has 116 valence electrons. The van der Waals surface area contributed by atoms with Crippen molar-refractivity contribution in [2.75, 3.05) is 40.0 Å². The van der Waals surface area contributed by atoms with E-state index in [1.807, 2.05) is 0 Å². The van der Waals surface area contributed by atoms with Gasteiger partial charge in [-0.3, -0.25) is 4.90 Å². The molecule has 5 nitrogen and oxygen atoms in total. The largest absolute Gasteiger partial charge is 0.492 e. The fraction of sp³-hybridized carbons (Fsp3) is 0.562. The maximum atomic E-state index is 10.9. The SMILES string of the molecule is COCC1CCN(CCOc2cccc(C(=O)O)c2)CC1. The number of carboxylic acids is 1. The summed E-state index contributed by atoms with van der Waals surface area (Å²) in [6.07, 6.45) is 2.34. The zero-order valence-electron chi connectivity index (χ0n) is 12.5. The van der Waals surface area contributed by atoms with Crippen LogP contribution in [0.15, 0.2) is 24.3 Å². The van der Waals surface area contributed by atoms with E-state index in [0.29, 0.717) is 18.3 Å². The molecule has 1 aromatic rings. The number of aromatic carboxylic acids is 1. The highest BCUT2D eigenvalue weighted by Gasteiger charge is 2.18. The Bertz CT molecular complexity index is 455. The first-order valence-corrected chi connectivity index (χ1v) is 7.36. The van der Waals surface area contributed by atoms with E-state index in [1.165, 1.54) is 12.8 Å². The second-order valence-electron chi connectivity index (χ2n) is 5.42. The molecule has 1 aromatic carbocycles. The fourth-order valence-electron chi connectivity index (χ4n) is 2.62. The molecule has 0 radical (unpaired) electrons. The molecule has 0 amide bonds. The number of carboxylic acid groups (broad SMARTS) is 1. The summed E-state index contributed by atoms with van der Waals surface area (Å²) in [6, 6.07) is 6.62. The molecule has 1 aliphatic heterocycles. The number of rotatable bonds is 7. The zero-order chi connectivity index (χ0) is 15.1. The number of ether oxygens (including phenoxy) is 2. The predicted molar refractivity (Wildman–Crippen MR) is 79.9 cm³/mol. The van der Waals surface area contributed by atoms with Gasteiger partial charge in [0.15, 0.2) is 0 Å². The Kier molecular flexibility index (Phi) is 6.02. The van der Waals surface area contributed by atoms with Gasteiger partial charge in [0.25, 0.3) is 0 Å². The Morgan fingerprint density at radius 3 is 2.81 bits per heavy atom. The number of piperidine rings is 1. The van der Waals surface area contributed by atoms with Gasteiger partial charge >= 0.3 is 5.97 Å². The van der Waals surface area contributed by atoms with Crippen LogP contribution in [-0.2, 0) is 4.74 Å². The summed E-state index contributed by atoms with van der Waals surface area (Å²) in [5, 5.41) is 8.93. The van der Waals surface area contributed by atoms with Gasteiger partial charge in [0.05, 0.1) is 5.56 Å². The van der Waals surface area contributed by atoms with Gasteiger partial charge in [0.2, 0.25) is 0 Å². The maximum absolute atomic E-state index is 10.9. The van der Waals surface area contributed by atoms with Crippen molar-refractivity contribution < 1.29 is 19.4 Å². The van der Waals surface area contributed by atoms with Crippen molar-refractivity contribution in [1.82, 2.24) is 4.90 Å². The van der Waals surface area contributed by atoms with Crippen molar-refractivity contribution in [3.63, 3.8) is 0 Å². The lowest BCUT2D eigenvalue weighted by Crippen LogP contribution is -2.37. The van der Waals surface area contributed by atoms with Gasteiger partial charge < -0.3 is 14.6 Å². The average molecular weight is 293 g/mol. The van der Waals surface area contributed by atoms with Crippen LogP contribution < -0.4 is 4.74 Å². The summed E-state index contributed by atoms with van der Waals surface area (Å²) in [7, 11) is 1.76. The average Bonchev–Trinajstić information content (AvgIpc) is 2.50. The summed E-state index contributed by atoms with van der Waals surface area (Å²) in [5.74, 6) is 0.365. The molecule has 21 heavy (non-hydrogen) atoms. The molecule has 0 aromatic heterocycles.